The molecule has 0 bridgehead atoms. The van der Waals surface area contributed by atoms with Crippen molar-refractivity contribution in [2.45, 2.75) is 11.4 Å². The monoisotopic (exact) mass is 306 g/mol. The first-order chi connectivity index (χ1) is 10.0. The number of hydrogen-bond acceptors (Lipinski definition) is 5. The van der Waals surface area contributed by atoms with E-state index in [0.717, 1.165) is 0 Å². The van der Waals surface area contributed by atoms with Gasteiger partial charge in [-0.3, -0.25) is 4.31 Å². The Balaban J connectivity index is 2.12. The lowest BCUT2D eigenvalue weighted by atomic mass is 10.0. The summed E-state index contributed by atoms with van der Waals surface area (Å²) in [4.78, 5) is 3.93. The Morgan fingerprint density at radius 1 is 1.33 bits per heavy atom. The minimum Gasteiger partial charge on any atom is -0.411 e. The van der Waals surface area contributed by atoms with E-state index in [4.69, 9.17) is 5.21 Å². The van der Waals surface area contributed by atoms with E-state index in [1.165, 1.54) is 16.8 Å². The highest BCUT2D eigenvalue weighted by Gasteiger charge is 2.32. The van der Waals surface area contributed by atoms with E-state index >= 15 is 0 Å². The molecule has 1 aliphatic rings. The first-order valence-corrected chi connectivity index (χ1v) is 7.79. The summed E-state index contributed by atoms with van der Waals surface area (Å²) in [5.74, 6) is 0. The van der Waals surface area contributed by atoms with Crippen molar-refractivity contribution in [1.82, 2.24) is 9.55 Å². The van der Waals surface area contributed by atoms with Gasteiger partial charge in [0.25, 0.3) is 10.0 Å². The smallest absolute Gasteiger partial charge is 0.283 e. The molecule has 3 rings (SSSR count). The topological polar surface area (TPSA) is 87.8 Å². The van der Waals surface area contributed by atoms with Crippen LogP contribution in [-0.4, -0.2) is 35.4 Å². The number of para-hydroxylation sites is 1. The number of nitrogens with zero attached hydrogens (tertiary/aromatic N) is 4. The van der Waals surface area contributed by atoms with E-state index < -0.39 is 10.0 Å². The number of aromatic nitrogens is 2. The lowest BCUT2D eigenvalue weighted by molar-refractivity contribution is 0.318. The fraction of sp³-hybridized carbons (Fsp3) is 0.231. The van der Waals surface area contributed by atoms with E-state index in [2.05, 4.69) is 10.1 Å². The predicted molar refractivity (Wildman–Crippen MR) is 77.1 cm³/mol. The number of oxime groups is 1. The number of aryl methyl sites for hydroxylation is 1. The summed E-state index contributed by atoms with van der Waals surface area (Å²) in [6.45, 7) is 0.218. The molecule has 1 aromatic carbocycles. The molecule has 110 valence electrons. The van der Waals surface area contributed by atoms with Crippen molar-refractivity contribution < 1.29 is 13.6 Å². The minimum atomic E-state index is -3.72. The van der Waals surface area contributed by atoms with E-state index in [1.54, 1.807) is 35.9 Å². The maximum Gasteiger partial charge on any atom is 0.283 e. The Labute approximate surface area is 122 Å². The molecule has 0 amide bonds. The molecule has 0 atom stereocenters. The van der Waals surface area contributed by atoms with Gasteiger partial charge < -0.3 is 9.77 Å². The molecule has 1 aromatic heterocycles. The van der Waals surface area contributed by atoms with Crippen LogP contribution in [0.5, 0.6) is 0 Å². The molecule has 7 nitrogen and oxygen atoms in total. The Bertz CT molecular complexity index is 810. The van der Waals surface area contributed by atoms with Gasteiger partial charge in [-0.1, -0.05) is 23.4 Å². The van der Waals surface area contributed by atoms with E-state index in [1.807, 2.05) is 0 Å². The van der Waals surface area contributed by atoms with Crippen LogP contribution < -0.4 is 4.31 Å². The number of sulfonamides is 1. The van der Waals surface area contributed by atoms with Gasteiger partial charge >= 0.3 is 0 Å². The maximum absolute atomic E-state index is 12.7. The van der Waals surface area contributed by atoms with Crippen LogP contribution in [0.2, 0.25) is 0 Å². The molecule has 0 radical (unpaired) electrons. The number of hydrogen-bond donors (Lipinski definition) is 1. The number of benzene rings is 1. The van der Waals surface area contributed by atoms with Crippen LogP contribution in [0.4, 0.5) is 5.69 Å². The zero-order valence-electron chi connectivity index (χ0n) is 11.3. The van der Waals surface area contributed by atoms with Crippen molar-refractivity contribution in [2.24, 2.45) is 12.2 Å². The summed E-state index contributed by atoms with van der Waals surface area (Å²) in [7, 11) is -2.01. The highest BCUT2D eigenvalue weighted by molar-refractivity contribution is 7.92. The van der Waals surface area contributed by atoms with Crippen molar-refractivity contribution in [3.05, 3.63) is 42.4 Å². The van der Waals surface area contributed by atoms with Gasteiger partial charge in [0.15, 0.2) is 5.03 Å². The number of fused-ring (bicyclic) bond motifs is 1. The Hall–Kier alpha value is -2.35. The zero-order chi connectivity index (χ0) is 15.0. The van der Waals surface area contributed by atoms with Gasteiger partial charge in [-0.2, -0.15) is 8.42 Å². The normalized spacial score (nSPS) is 17.0. The fourth-order valence-electron chi connectivity index (χ4n) is 2.39. The quantitative estimate of drug-likeness (QED) is 0.667. The molecule has 2 aromatic rings. The molecule has 0 saturated carbocycles. The number of rotatable bonds is 2. The molecule has 0 spiro atoms. The van der Waals surface area contributed by atoms with Crippen molar-refractivity contribution in [1.29, 1.82) is 0 Å². The fourth-order valence-corrected chi connectivity index (χ4v) is 3.84. The molecule has 2 heterocycles. The average Bonchev–Trinajstić information content (AvgIpc) is 2.93. The zero-order valence-corrected chi connectivity index (χ0v) is 12.2. The third kappa shape index (κ3) is 2.17. The molecular formula is C13H14N4O3S. The van der Waals surface area contributed by atoms with Gasteiger partial charge in [-0.25, -0.2) is 4.98 Å². The first kappa shape index (κ1) is 13.6. The Kier molecular flexibility index (Phi) is 3.17. The van der Waals surface area contributed by atoms with Crippen molar-refractivity contribution in [3.63, 3.8) is 0 Å². The summed E-state index contributed by atoms with van der Waals surface area (Å²) in [6, 6.07) is 6.96. The minimum absolute atomic E-state index is 0.00388. The first-order valence-electron chi connectivity index (χ1n) is 6.35. The van der Waals surface area contributed by atoms with Gasteiger partial charge in [0.1, 0.15) is 0 Å². The number of anilines is 1. The summed E-state index contributed by atoms with van der Waals surface area (Å²) in [6.07, 6.45) is 3.26. The predicted octanol–water partition coefficient (Wildman–Crippen LogP) is 1.20. The van der Waals surface area contributed by atoms with Gasteiger partial charge in [-0.05, 0) is 6.07 Å². The standard InChI is InChI=1S/C13H14N4O3S/c1-16-8-13(14-9-16)21(19,20)17-7-6-11(15-18)10-4-2-3-5-12(10)17/h2-5,8-9,18H,6-7H2,1H3. The third-order valence-corrected chi connectivity index (χ3v) is 5.09. The summed E-state index contributed by atoms with van der Waals surface area (Å²) < 4.78 is 28.3. The van der Waals surface area contributed by atoms with Crippen molar-refractivity contribution >= 4 is 21.4 Å². The number of imidazole rings is 1. The van der Waals surface area contributed by atoms with Gasteiger partial charge in [-0.15, -0.1) is 0 Å². The van der Waals surface area contributed by atoms with E-state index in [9.17, 15) is 8.42 Å². The van der Waals surface area contributed by atoms with Gasteiger partial charge in [0.05, 0.1) is 17.7 Å². The van der Waals surface area contributed by atoms with Crippen LogP contribution in [-0.2, 0) is 17.1 Å². The molecule has 0 unspecified atom stereocenters. The SMILES string of the molecule is Cn1cnc(S(=O)(=O)N2CCC(=NO)c3ccccc32)c1. The molecule has 1 N–H and O–H groups in total. The van der Waals surface area contributed by atoms with Gasteiger partial charge in [0, 0.05) is 31.8 Å². The highest BCUT2D eigenvalue weighted by atomic mass is 32.2. The second-order valence-corrected chi connectivity index (χ2v) is 6.58. The van der Waals surface area contributed by atoms with Gasteiger partial charge in [0.2, 0.25) is 0 Å². The maximum atomic E-state index is 12.7. The van der Waals surface area contributed by atoms with Crippen LogP contribution >= 0.6 is 0 Å². The second kappa shape index (κ2) is 4.88. The van der Waals surface area contributed by atoms with Crippen molar-refractivity contribution in [3.8, 4) is 0 Å². The highest BCUT2D eigenvalue weighted by Crippen LogP contribution is 2.31. The molecule has 8 heteroatoms. The average molecular weight is 306 g/mol. The molecule has 0 aliphatic carbocycles. The van der Waals surface area contributed by atoms with Crippen LogP contribution in [0, 0.1) is 0 Å². The largest absolute Gasteiger partial charge is 0.411 e. The van der Waals surface area contributed by atoms with E-state index in [-0.39, 0.29) is 11.6 Å². The lowest BCUT2D eigenvalue weighted by Gasteiger charge is -2.29. The second-order valence-electron chi connectivity index (χ2n) is 4.77. The van der Waals surface area contributed by atoms with Crippen LogP contribution in [0.15, 0.2) is 47.0 Å². The summed E-state index contributed by atoms with van der Waals surface area (Å²) >= 11 is 0. The molecule has 21 heavy (non-hydrogen) atoms. The summed E-state index contributed by atoms with van der Waals surface area (Å²) in [5, 5.41) is 12.3. The summed E-state index contributed by atoms with van der Waals surface area (Å²) in [5.41, 5.74) is 1.60. The Morgan fingerprint density at radius 2 is 2.10 bits per heavy atom. The molecule has 0 saturated heterocycles. The molecule has 1 aliphatic heterocycles. The van der Waals surface area contributed by atoms with Crippen LogP contribution in [0.1, 0.15) is 12.0 Å². The Morgan fingerprint density at radius 3 is 2.76 bits per heavy atom. The lowest BCUT2D eigenvalue weighted by Crippen LogP contribution is -2.37. The van der Waals surface area contributed by atoms with Crippen molar-refractivity contribution in [2.75, 3.05) is 10.8 Å². The molecular weight excluding hydrogens is 292 g/mol. The van der Waals surface area contributed by atoms with Crippen LogP contribution in [0.3, 0.4) is 0 Å². The third-order valence-electron chi connectivity index (χ3n) is 3.39. The van der Waals surface area contributed by atoms with Crippen LogP contribution in [0.25, 0.3) is 0 Å². The molecule has 0 fully saturated rings. The van der Waals surface area contributed by atoms with E-state index in [0.29, 0.717) is 23.4 Å².